The molecule has 3 atom stereocenters. The van der Waals surface area contributed by atoms with E-state index in [-0.39, 0.29) is 10.9 Å². The van der Waals surface area contributed by atoms with Crippen molar-refractivity contribution in [2.75, 3.05) is 5.73 Å². The first kappa shape index (κ1) is 17.2. The lowest BCUT2D eigenvalue weighted by Crippen LogP contribution is -2.43. The molecule has 0 amide bonds. The van der Waals surface area contributed by atoms with Gasteiger partial charge in [0.05, 0.1) is 0 Å². The maximum atomic E-state index is 12.7. The molecule has 1 saturated carbocycles. The summed E-state index contributed by atoms with van der Waals surface area (Å²) in [7, 11) is -3.59. The predicted molar refractivity (Wildman–Crippen MR) is 92.5 cm³/mol. The van der Waals surface area contributed by atoms with Crippen LogP contribution in [0.1, 0.15) is 33.1 Å². The molecule has 0 aliphatic heterocycles. The van der Waals surface area contributed by atoms with Gasteiger partial charge in [-0.1, -0.05) is 26.7 Å². The van der Waals surface area contributed by atoms with E-state index in [1.54, 1.807) is 12.1 Å². The minimum atomic E-state index is -3.59. The van der Waals surface area contributed by atoms with Crippen LogP contribution in [0.5, 0.6) is 0 Å². The van der Waals surface area contributed by atoms with Crippen LogP contribution < -0.4 is 10.5 Å². The Morgan fingerprint density at radius 3 is 2.33 bits per heavy atom. The Morgan fingerprint density at radius 2 is 1.76 bits per heavy atom. The fourth-order valence-electron chi connectivity index (χ4n) is 2.84. The highest BCUT2D eigenvalue weighted by Gasteiger charge is 2.32. The van der Waals surface area contributed by atoms with Crippen molar-refractivity contribution >= 4 is 47.6 Å². The first-order chi connectivity index (χ1) is 9.72. The van der Waals surface area contributed by atoms with Crippen molar-refractivity contribution in [3.8, 4) is 0 Å². The molecule has 0 spiro atoms. The lowest BCUT2D eigenvalue weighted by atomic mass is 9.78. The van der Waals surface area contributed by atoms with Gasteiger partial charge in [0.2, 0.25) is 10.0 Å². The summed E-state index contributed by atoms with van der Waals surface area (Å²) in [6, 6.07) is 3.19. The van der Waals surface area contributed by atoms with Gasteiger partial charge in [-0.2, -0.15) is 0 Å². The standard InChI is InChI=1S/C14H20Br2N2O2S/c1-8-4-3-5-13(9(8)2)18-21(19,20)14-11(15)6-10(17)7-12(14)16/h6-9,13,18H,3-5,17H2,1-2H3. The average molecular weight is 440 g/mol. The Morgan fingerprint density at radius 1 is 1.19 bits per heavy atom. The Labute approximate surface area is 143 Å². The van der Waals surface area contributed by atoms with Crippen molar-refractivity contribution < 1.29 is 8.42 Å². The van der Waals surface area contributed by atoms with Gasteiger partial charge in [-0.15, -0.1) is 0 Å². The van der Waals surface area contributed by atoms with Crippen molar-refractivity contribution in [2.24, 2.45) is 11.8 Å². The number of halogens is 2. The first-order valence-corrected chi connectivity index (χ1v) is 10.1. The highest BCUT2D eigenvalue weighted by molar-refractivity contribution is 9.11. The highest BCUT2D eigenvalue weighted by atomic mass is 79.9. The highest BCUT2D eigenvalue weighted by Crippen LogP contribution is 2.35. The first-order valence-electron chi connectivity index (χ1n) is 6.99. The van der Waals surface area contributed by atoms with Crippen LogP contribution in [-0.2, 0) is 10.0 Å². The number of anilines is 1. The minimum Gasteiger partial charge on any atom is -0.399 e. The van der Waals surface area contributed by atoms with Crippen molar-refractivity contribution in [2.45, 2.75) is 44.0 Å². The second kappa shape index (κ2) is 6.56. The smallest absolute Gasteiger partial charge is 0.243 e. The van der Waals surface area contributed by atoms with Gasteiger partial charge < -0.3 is 5.73 Å². The molecule has 118 valence electrons. The van der Waals surface area contributed by atoms with Gasteiger partial charge in [0.1, 0.15) is 4.90 Å². The molecule has 0 saturated heterocycles. The van der Waals surface area contributed by atoms with Crippen LogP contribution in [0.4, 0.5) is 5.69 Å². The molecular formula is C14H20Br2N2O2S. The molecule has 1 aliphatic rings. The van der Waals surface area contributed by atoms with E-state index in [0.717, 1.165) is 19.3 Å². The summed E-state index contributed by atoms with van der Waals surface area (Å²) in [6.07, 6.45) is 3.10. The monoisotopic (exact) mass is 438 g/mol. The fourth-order valence-corrected chi connectivity index (χ4v) is 6.82. The molecule has 1 aromatic rings. The molecule has 0 bridgehead atoms. The van der Waals surface area contributed by atoms with Gasteiger partial charge in [-0.05, 0) is 62.2 Å². The van der Waals surface area contributed by atoms with Gasteiger partial charge in [0.25, 0.3) is 0 Å². The van der Waals surface area contributed by atoms with E-state index in [2.05, 4.69) is 50.4 Å². The summed E-state index contributed by atoms with van der Waals surface area (Å²) in [6.45, 7) is 4.30. The van der Waals surface area contributed by atoms with Gasteiger partial charge >= 0.3 is 0 Å². The zero-order valence-electron chi connectivity index (χ0n) is 12.1. The normalized spacial score (nSPS) is 26.8. The van der Waals surface area contributed by atoms with E-state index in [1.165, 1.54) is 0 Å². The van der Waals surface area contributed by atoms with E-state index in [1.807, 2.05) is 0 Å². The second-order valence-electron chi connectivity index (χ2n) is 5.81. The summed E-state index contributed by atoms with van der Waals surface area (Å²) in [5, 5.41) is 0. The third-order valence-electron chi connectivity index (χ3n) is 4.30. The minimum absolute atomic E-state index is 0.0184. The number of benzene rings is 1. The summed E-state index contributed by atoms with van der Waals surface area (Å²) < 4.78 is 29.2. The molecule has 7 heteroatoms. The number of rotatable bonds is 3. The Bertz CT molecular complexity index is 611. The van der Waals surface area contributed by atoms with E-state index < -0.39 is 10.0 Å². The number of nitrogen functional groups attached to an aromatic ring is 1. The fraction of sp³-hybridized carbons (Fsp3) is 0.571. The van der Waals surface area contributed by atoms with Crippen LogP contribution in [0.25, 0.3) is 0 Å². The molecule has 21 heavy (non-hydrogen) atoms. The Balaban J connectivity index is 2.31. The van der Waals surface area contributed by atoms with Crippen LogP contribution >= 0.6 is 31.9 Å². The zero-order valence-corrected chi connectivity index (χ0v) is 16.1. The van der Waals surface area contributed by atoms with Gasteiger partial charge in [0.15, 0.2) is 0 Å². The third kappa shape index (κ3) is 3.81. The van der Waals surface area contributed by atoms with Crippen LogP contribution in [-0.4, -0.2) is 14.5 Å². The maximum absolute atomic E-state index is 12.7. The van der Waals surface area contributed by atoms with Crippen LogP contribution in [0, 0.1) is 11.8 Å². The quantitative estimate of drug-likeness (QED) is 0.701. The summed E-state index contributed by atoms with van der Waals surface area (Å²) in [5.41, 5.74) is 6.23. The van der Waals surface area contributed by atoms with Gasteiger partial charge in [-0.25, -0.2) is 13.1 Å². The van der Waals surface area contributed by atoms with Crippen molar-refractivity contribution in [1.82, 2.24) is 4.72 Å². The number of nitrogens with one attached hydrogen (secondary N) is 1. The summed E-state index contributed by atoms with van der Waals surface area (Å²) in [5.74, 6) is 0.865. The van der Waals surface area contributed by atoms with E-state index in [9.17, 15) is 8.42 Å². The molecular weight excluding hydrogens is 420 g/mol. The molecule has 3 unspecified atom stereocenters. The van der Waals surface area contributed by atoms with E-state index in [0.29, 0.717) is 26.5 Å². The van der Waals surface area contributed by atoms with Crippen molar-refractivity contribution in [3.05, 3.63) is 21.1 Å². The molecule has 1 fully saturated rings. The van der Waals surface area contributed by atoms with Crippen molar-refractivity contribution in [3.63, 3.8) is 0 Å². The van der Waals surface area contributed by atoms with E-state index in [4.69, 9.17) is 5.73 Å². The molecule has 1 aromatic carbocycles. The molecule has 2 rings (SSSR count). The zero-order chi connectivity index (χ0) is 15.8. The average Bonchev–Trinajstić information content (AvgIpc) is 2.33. The summed E-state index contributed by atoms with van der Waals surface area (Å²) in [4.78, 5) is 0.210. The molecule has 0 heterocycles. The van der Waals surface area contributed by atoms with Gasteiger partial charge in [0, 0.05) is 20.7 Å². The number of hydrogen-bond donors (Lipinski definition) is 2. The lowest BCUT2D eigenvalue weighted by molar-refractivity contribution is 0.227. The maximum Gasteiger partial charge on any atom is 0.243 e. The molecule has 1 aliphatic carbocycles. The lowest BCUT2D eigenvalue weighted by Gasteiger charge is -2.34. The van der Waals surface area contributed by atoms with Crippen LogP contribution in [0.3, 0.4) is 0 Å². The van der Waals surface area contributed by atoms with E-state index >= 15 is 0 Å². The largest absolute Gasteiger partial charge is 0.399 e. The Kier molecular flexibility index (Phi) is 5.39. The topological polar surface area (TPSA) is 72.2 Å². The molecule has 0 radical (unpaired) electrons. The molecule has 3 N–H and O–H groups in total. The van der Waals surface area contributed by atoms with Crippen LogP contribution in [0.15, 0.2) is 26.0 Å². The predicted octanol–water partition coefficient (Wildman–Crippen LogP) is 3.90. The number of hydrogen-bond acceptors (Lipinski definition) is 3. The number of sulfonamides is 1. The SMILES string of the molecule is CC1CCCC(NS(=O)(=O)c2c(Br)cc(N)cc2Br)C1C. The number of nitrogens with two attached hydrogens (primary N) is 1. The summed E-state index contributed by atoms with van der Waals surface area (Å²) >= 11 is 6.59. The van der Waals surface area contributed by atoms with Gasteiger partial charge in [-0.3, -0.25) is 0 Å². The molecule has 0 aromatic heterocycles. The third-order valence-corrected chi connectivity index (χ3v) is 7.67. The van der Waals surface area contributed by atoms with Crippen LogP contribution in [0.2, 0.25) is 0 Å². The second-order valence-corrected chi connectivity index (χ2v) is 9.17. The Hall–Kier alpha value is -0.110. The molecule has 4 nitrogen and oxygen atoms in total. The van der Waals surface area contributed by atoms with Crippen molar-refractivity contribution in [1.29, 1.82) is 0 Å².